The maximum atomic E-state index is 11.9. The Hall–Kier alpha value is -1.39. The third-order valence-corrected chi connectivity index (χ3v) is 2.46. The number of rotatable bonds is 3. The third kappa shape index (κ3) is 2.16. The Bertz CT molecular complexity index is 342. The summed E-state index contributed by atoms with van der Waals surface area (Å²) in [6.45, 7) is 1.68. The molecule has 1 heterocycles. The Kier molecular flexibility index (Phi) is 2.99. The molecule has 0 amide bonds. The fraction of sp³-hybridized carbons (Fsp3) is 0.364. The molecule has 2 rings (SSSR count). The van der Waals surface area contributed by atoms with Crippen LogP contribution in [0.15, 0.2) is 24.3 Å². The van der Waals surface area contributed by atoms with E-state index >= 15 is 0 Å². The molecule has 0 bridgehead atoms. The van der Waals surface area contributed by atoms with Crippen molar-refractivity contribution in [1.82, 2.24) is 10.6 Å². The quantitative estimate of drug-likeness (QED) is 0.703. The second-order valence-electron chi connectivity index (χ2n) is 3.43. The number of ether oxygens (including phenoxy) is 1. The number of ketones is 1. The second kappa shape index (κ2) is 4.42. The highest BCUT2D eigenvalue weighted by molar-refractivity contribution is 6.00. The number of carbonyl (C=O) groups is 1. The predicted octanol–water partition coefficient (Wildman–Crippen LogP) is 0.397. The van der Waals surface area contributed by atoms with Gasteiger partial charge >= 0.3 is 0 Å². The van der Waals surface area contributed by atoms with Crippen LogP contribution in [0.25, 0.3) is 0 Å². The van der Waals surface area contributed by atoms with Gasteiger partial charge in [0.15, 0.2) is 5.78 Å². The van der Waals surface area contributed by atoms with Crippen LogP contribution in [0.5, 0.6) is 5.75 Å². The lowest BCUT2D eigenvalue weighted by Gasteiger charge is -2.09. The zero-order chi connectivity index (χ0) is 10.7. The normalized spacial score (nSPS) is 16.6. The molecule has 0 radical (unpaired) electrons. The van der Waals surface area contributed by atoms with Gasteiger partial charge in [-0.05, 0) is 24.3 Å². The molecule has 1 saturated heterocycles. The molecule has 0 aliphatic carbocycles. The van der Waals surface area contributed by atoms with Gasteiger partial charge in [-0.3, -0.25) is 15.4 Å². The molecule has 0 spiro atoms. The average molecular weight is 206 g/mol. The molecular weight excluding hydrogens is 192 g/mol. The van der Waals surface area contributed by atoms with Gasteiger partial charge in [0.25, 0.3) is 0 Å². The summed E-state index contributed by atoms with van der Waals surface area (Å²) in [4.78, 5) is 11.9. The van der Waals surface area contributed by atoms with Crippen LogP contribution in [-0.2, 0) is 0 Å². The van der Waals surface area contributed by atoms with E-state index in [1.54, 1.807) is 31.4 Å². The van der Waals surface area contributed by atoms with E-state index in [9.17, 15) is 4.79 Å². The van der Waals surface area contributed by atoms with Crippen LogP contribution >= 0.6 is 0 Å². The molecule has 15 heavy (non-hydrogen) atoms. The number of hydrogen-bond donors (Lipinski definition) is 2. The zero-order valence-electron chi connectivity index (χ0n) is 8.62. The molecule has 2 N–H and O–H groups in total. The van der Waals surface area contributed by atoms with Crippen molar-refractivity contribution in [2.45, 2.75) is 6.17 Å². The van der Waals surface area contributed by atoms with Crippen LogP contribution in [0, 0.1) is 0 Å². The van der Waals surface area contributed by atoms with Crippen molar-refractivity contribution in [3.8, 4) is 5.75 Å². The van der Waals surface area contributed by atoms with Gasteiger partial charge < -0.3 is 4.74 Å². The van der Waals surface area contributed by atoms with Gasteiger partial charge in [0.1, 0.15) is 11.9 Å². The van der Waals surface area contributed by atoms with Gasteiger partial charge in [-0.15, -0.1) is 0 Å². The summed E-state index contributed by atoms with van der Waals surface area (Å²) in [6.07, 6.45) is -0.238. The molecule has 0 unspecified atom stereocenters. The predicted molar refractivity (Wildman–Crippen MR) is 57.1 cm³/mol. The third-order valence-electron chi connectivity index (χ3n) is 2.46. The first-order valence-corrected chi connectivity index (χ1v) is 4.96. The number of benzene rings is 1. The molecule has 1 aliphatic heterocycles. The monoisotopic (exact) mass is 206 g/mol. The van der Waals surface area contributed by atoms with Gasteiger partial charge in [-0.1, -0.05) is 0 Å². The van der Waals surface area contributed by atoms with Crippen LogP contribution in [0.2, 0.25) is 0 Å². The first kappa shape index (κ1) is 10.1. The molecule has 1 aromatic rings. The highest BCUT2D eigenvalue weighted by atomic mass is 16.5. The summed E-state index contributed by atoms with van der Waals surface area (Å²) in [5.41, 5.74) is 0.697. The fourth-order valence-corrected chi connectivity index (χ4v) is 1.61. The van der Waals surface area contributed by atoms with Gasteiger partial charge in [0.2, 0.25) is 0 Å². The minimum atomic E-state index is -0.238. The number of methoxy groups -OCH3 is 1. The average Bonchev–Trinajstić information content (AvgIpc) is 2.82. The summed E-state index contributed by atoms with van der Waals surface area (Å²) in [7, 11) is 1.61. The van der Waals surface area contributed by atoms with Crippen molar-refractivity contribution in [3.63, 3.8) is 0 Å². The van der Waals surface area contributed by atoms with E-state index in [0.29, 0.717) is 5.56 Å². The van der Waals surface area contributed by atoms with Crippen LogP contribution in [0.3, 0.4) is 0 Å². The second-order valence-corrected chi connectivity index (χ2v) is 3.43. The Labute approximate surface area is 88.6 Å². The molecule has 1 aromatic carbocycles. The molecule has 0 atom stereocenters. The summed E-state index contributed by atoms with van der Waals surface area (Å²) in [5, 5.41) is 6.18. The number of Topliss-reactive ketones (excluding diaryl/α,β-unsaturated/α-hetero) is 1. The molecule has 4 nitrogen and oxygen atoms in total. The van der Waals surface area contributed by atoms with Crippen molar-refractivity contribution >= 4 is 5.78 Å². The smallest absolute Gasteiger partial charge is 0.194 e. The molecule has 80 valence electrons. The van der Waals surface area contributed by atoms with E-state index < -0.39 is 0 Å². The molecule has 0 saturated carbocycles. The Morgan fingerprint density at radius 3 is 2.40 bits per heavy atom. The summed E-state index contributed by atoms with van der Waals surface area (Å²) >= 11 is 0. The SMILES string of the molecule is COc1ccc(C(=O)C2NCCN2)cc1. The van der Waals surface area contributed by atoms with Crippen LogP contribution < -0.4 is 15.4 Å². The number of carbonyl (C=O) groups excluding carboxylic acids is 1. The van der Waals surface area contributed by atoms with E-state index in [2.05, 4.69) is 10.6 Å². The van der Waals surface area contributed by atoms with Gasteiger partial charge in [0, 0.05) is 18.7 Å². The van der Waals surface area contributed by atoms with E-state index in [4.69, 9.17) is 4.74 Å². The summed E-state index contributed by atoms with van der Waals surface area (Å²) in [6, 6.07) is 7.15. The van der Waals surface area contributed by atoms with E-state index in [1.165, 1.54) is 0 Å². The van der Waals surface area contributed by atoms with Crippen LogP contribution in [0.1, 0.15) is 10.4 Å². The van der Waals surface area contributed by atoms with Crippen molar-refractivity contribution < 1.29 is 9.53 Å². The lowest BCUT2D eigenvalue weighted by atomic mass is 10.1. The largest absolute Gasteiger partial charge is 0.497 e. The maximum absolute atomic E-state index is 11.9. The first-order valence-electron chi connectivity index (χ1n) is 4.96. The number of nitrogens with one attached hydrogen (secondary N) is 2. The van der Waals surface area contributed by atoms with Crippen molar-refractivity contribution in [2.75, 3.05) is 20.2 Å². The van der Waals surface area contributed by atoms with Crippen molar-refractivity contribution in [1.29, 1.82) is 0 Å². The highest BCUT2D eigenvalue weighted by Crippen LogP contribution is 2.12. The highest BCUT2D eigenvalue weighted by Gasteiger charge is 2.22. The minimum Gasteiger partial charge on any atom is -0.497 e. The minimum absolute atomic E-state index is 0.0788. The van der Waals surface area contributed by atoms with Crippen LogP contribution in [-0.4, -0.2) is 32.1 Å². The molecule has 1 aliphatic rings. The van der Waals surface area contributed by atoms with Crippen LogP contribution in [0.4, 0.5) is 0 Å². The Morgan fingerprint density at radius 2 is 1.87 bits per heavy atom. The van der Waals surface area contributed by atoms with E-state index in [0.717, 1.165) is 18.8 Å². The topological polar surface area (TPSA) is 50.4 Å². The van der Waals surface area contributed by atoms with Crippen molar-refractivity contribution in [2.24, 2.45) is 0 Å². The van der Waals surface area contributed by atoms with Gasteiger partial charge in [-0.25, -0.2) is 0 Å². The fourth-order valence-electron chi connectivity index (χ4n) is 1.61. The van der Waals surface area contributed by atoms with Gasteiger partial charge in [-0.2, -0.15) is 0 Å². The Morgan fingerprint density at radius 1 is 1.27 bits per heavy atom. The van der Waals surface area contributed by atoms with E-state index in [-0.39, 0.29) is 11.9 Å². The Balaban J connectivity index is 2.11. The molecule has 1 fully saturated rings. The molecular formula is C11H14N2O2. The zero-order valence-corrected chi connectivity index (χ0v) is 8.62. The first-order chi connectivity index (χ1) is 7.31. The number of hydrogen-bond acceptors (Lipinski definition) is 4. The maximum Gasteiger partial charge on any atom is 0.194 e. The van der Waals surface area contributed by atoms with Gasteiger partial charge in [0.05, 0.1) is 7.11 Å². The van der Waals surface area contributed by atoms with Crippen molar-refractivity contribution in [3.05, 3.63) is 29.8 Å². The van der Waals surface area contributed by atoms with E-state index in [1.807, 2.05) is 0 Å². The molecule has 4 heteroatoms. The lowest BCUT2D eigenvalue weighted by molar-refractivity contribution is 0.0942. The molecule has 0 aromatic heterocycles. The summed E-state index contributed by atoms with van der Waals surface area (Å²) < 4.78 is 5.03. The standard InChI is InChI=1S/C11H14N2O2/c1-15-9-4-2-8(3-5-9)10(14)11-12-6-7-13-11/h2-5,11-13H,6-7H2,1H3. The lowest BCUT2D eigenvalue weighted by Crippen LogP contribution is -2.39. The summed E-state index contributed by atoms with van der Waals surface area (Å²) in [5.74, 6) is 0.842.